The summed E-state index contributed by atoms with van der Waals surface area (Å²) in [5.41, 5.74) is -0.201. The molecular formula is C17H21F2NO3. The summed E-state index contributed by atoms with van der Waals surface area (Å²) in [6.45, 7) is 3.26. The zero-order valence-electron chi connectivity index (χ0n) is 13.0. The molecule has 0 saturated carbocycles. The molecule has 2 fully saturated rings. The van der Waals surface area contributed by atoms with Gasteiger partial charge in [-0.05, 0) is 31.4 Å². The van der Waals surface area contributed by atoms with Gasteiger partial charge in [0.2, 0.25) is 0 Å². The van der Waals surface area contributed by atoms with Crippen LogP contribution in [0.2, 0.25) is 0 Å². The van der Waals surface area contributed by atoms with Crippen molar-refractivity contribution in [3.8, 4) is 0 Å². The number of carbonyl (C=O) groups excluding carboxylic acids is 1. The van der Waals surface area contributed by atoms with Crippen molar-refractivity contribution in [1.82, 2.24) is 4.90 Å². The molecule has 1 atom stereocenters. The first-order valence-electron chi connectivity index (χ1n) is 8.08. The maximum atomic E-state index is 13.7. The number of hydrogen-bond acceptors (Lipinski definition) is 3. The highest BCUT2D eigenvalue weighted by molar-refractivity contribution is 5.94. The van der Waals surface area contributed by atoms with E-state index in [9.17, 15) is 13.6 Å². The van der Waals surface area contributed by atoms with Crippen LogP contribution in [0.1, 0.15) is 29.6 Å². The lowest BCUT2D eigenvalue weighted by molar-refractivity contribution is -0.00802. The highest BCUT2D eigenvalue weighted by Crippen LogP contribution is 2.21. The van der Waals surface area contributed by atoms with Crippen LogP contribution in [0.15, 0.2) is 18.2 Å². The van der Waals surface area contributed by atoms with Gasteiger partial charge in [0, 0.05) is 25.6 Å². The van der Waals surface area contributed by atoms with Crippen molar-refractivity contribution in [2.45, 2.75) is 25.4 Å². The summed E-state index contributed by atoms with van der Waals surface area (Å²) in [4.78, 5) is 13.9. The Kier molecular flexibility index (Phi) is 5.23. The largest absolute Gasteiger partial charge is 0.381 e. The predicted octanol–water partition coefficient (Wildman–Crippen LogP) is 2.62. The van der Waals surface area contributed by atoms with Gasteiger partial charge < -0.3 is 14.4 Å². The molecule has 3 rings (SSSR count). The van der Waals surface area contributed by atoms with Crippen molar-refractivity contribution in [2.75, 3.05) is 32.9 Å². The van der Waals surface area contributed by atoms with E-state index in [2.05, 4.69) is 0 Å². The van der Waals surface area contributed by atoms with Crippen molar-refractivity contribution in [3.05, 3.63) is 35.4 Å². The normalized spacial score (nSPS) is 22.5. The first kappa shape index (κ1) is 16.3. The summed E-state index contributed by atoms with van der Waals surface area (Å²) < 4.78 is 38.2. The fraction of sp³-hybridized carbons (Fsp3) is 0.588. The lowest BCUT2D eigenvalue weighted by Crippen LogP contribution is -2.41. The minimum absolute atomic E-state index is 0.122. The smallest absolute Gasteiger partial charge is 0.256 e. The average molecular weight is 325 g/mol. The number of likely N-dealkylation sites (tertiary alicyclic amines) is 1. The molecule has 0 aromatic heterocycles. The maximum absolute atomic E-state index is 13.7. The number of carbonyl (C=O) groups is 1. The fourth-order valence-electron chi connectivity index (χ4n) is 3.05. The van der Waals surface area contributed by atoms with E-state index in [1.807, 2.05) is 0 Å². The van der Waals surface area contributed by atoms with Gasteiger partial charge in [-0.2, -0.15) is 0 Å². The second kappa shape index (κ2) is 7.36. The van der Waals surface area contributed by atoms with Gasteiger partial charge in [0.25, 0.3) is 5.91 Å². The van der Waals surface area contributed by atoms with Crippen molar-refractivity contribution >= 4 is 5.91 Å². The van der Waals surface area contributed by atoms with Gasteiger partial charge in [0.15, 0.2) is 11.6 Å². The Morgan fingerprint density at radius 2 is 2.04 bits per heavy atom. The summed E-state index contributed by atoms with van der Waals surface area (Å²) in [5, 5.41) is 0. The van der Waals surface area contributed by atoms with Crippen LogP contribution in [0.25, 0.3) is 0 Å². The van der Waals surface area contributed by atoms with Gasteiger partial charge in [-0.3, -0.25) is 4.79 Å². The van der Waals surface area contributed by atoms with Gasteiger partial charge in [-0.15, -0.1) is 0 Å². The standard InChI is InChI=1S/C17H21F2NO3/c18-15-3-1-2-14(16(15)19)17(21)20-7-4-13(5-8-20)23-11-12-6-9-22-10-12/h1-3,12-13H,4-11H2. The van der Waals surface area contributed by atoms with Crippen molar-refractivity contribution < 1.29 is 23.0 Å². The quantitative estimate of drug-likeness (QED) is 0.854. The number of amides is 1. The average Bonchev–Trinajstić information content (AvgIpc) is 3.09. The van der Waals surface area contributed by atoms with E-state index < -0.39 is 17.5 Å². The summed E-state index contributed by atoms with van der Waals surface area (Å²) in [6, 6.07) is 3.69. The number of ether oxygens (including phenoxy) is 2. The minimum Gasteiger partial charge on any atom is -0.381 e. The Bertz CT molecular complexity index is 553. The zero-order chi connectivity index (χ0) is 16.2. The molecule has 6 heteroatoms. The molecule has 0 bridgehead atoms. The molecule has 1 unspecified atom stereocenters. The van der Waals surface area contributed by atoms with E-state index in [1.165, 1.54) is 12.1 Å². The molecule has 23 heavy (non-hydrogen) atoms. The first-order valence-corrected chi connectivity index (χ1v) is 8.08. The Morgan fingerprint density at radius 1 is 1.26 bits per heavy atom. The molecule has 2 heterocycles. The molecule has 0 N–H and O–H groups in total. The number of rotatable bonds is 4. The second-order valence-corrected chi connectivity index (χ2v) is 6.16. The third-order valence-electron chi connectivity index (χ3n) is 4.50. The fourth-order valence-corrected chi connectivity index (χ4v) is 3.05. The van der Waals surface area contributed by atoms with Gasteiger partial charge in [0.1, 0.15) is 0 Å². The molecular weight excluding hydrogens is 304 g/mol. The first-order chi connectivity index (χ1) is 11.1. The lowest BCUT2D eigenvalue weighted by Gasteiger charge is -2.32. The predicted molar refractivity (Wildman–Crippen MR) is 80.2 cm³/mol. The topological polar surface area (TPSA) is 38.8 Å². The molecule has 126 valence electrons. The third kappa shape index (κ3) is 3.87. The molecule has 0 spiro atoms. The molecule has 2 aliphatic heterocycles. The number of nitrogens with zero attached hydrogens (tertiary/aromatic N) is 1. The molecule has 4 nitrogen and oxygen atoms in total. The Balaban J connectivity index is 1.50. The Labute approximate surface area is 134 Å². The molecule has 1 aromatic carbocycles. The van der Waals surface area contributed by atoms with Crippen LogP contribution in [0.4, 0.5) is 8.78 Å². The molecule has 1 amide bonds. The van der Waals surface area contributed by atoms with Crippen molar-refractivity contribution in [2.24, 2.45) is 5.92 Å². The molecule has 2 aliphatic rings. The van der Waals surface area contributed by atoms with Crippen LogP contribution in [0.3, 0.4) is 0 Å². The maximum Gasteiger partial charge on any atom is 0.256 e. The van der Waals surface area contributed by atoms with Crippen LogP contribution in [-0.4, -0.2) is 49.8 Å². The summed E-state index contributed by atoms with van der Waals surface area (Å²) in [5.74, 6) is -2.05. The number of hydrogen-bond donors (Lipinski definition) is 0. The number of halogens is 2. The zero-order valence-corrected chi connectivity index (χ0v) is 13.0. The summed E-state index contributed by atoms with van der Waals surface area (Å²) in [7, 11) is 0. The van der Waals surface area contributed by atoms with E-state index in [0.717, 1.165) is 38.5 Å². The highest BCUT2D eigenvalue weighted by Gasteiger charge is 2.27. The van der Waals surface area contributed by atoms with Crippen LogP contribution < -0.4 is 0 Å². The monoisotopic (exact) mass is 325 g/mol. The van der Waals surface area contributed by atoms with E-state index in [1.54, 1.807) is 4.90 Å². The van der Waals surface area contributed by atoms with E-state index >= 15 is 0 Å². The minimum atomic E-state index is -1.07. The van der Waals surface area contributed by atoms with Gasteiger partial charge >= 0.3 is 0 Å². The van der Waals surface area contributed by atoms with Crippen molar-refractivity contribution in [1.29, 1.82) is 0 Å². The molecule has 0 aliphatic carbocycles. The van der Waals surface area contributed by atoms with Crippen LogP contribution in [0, 0.1) is 17.6 Å². The Hall–Kier alpha value is -1.53. The van der Waals surface area contributed by atoms with E-state index in [0.29, 0.717) is 25.6 Å². The summed E-state index contributed by atoms with van der Waals surface area (Å²) in [6.07, 6.45) is 2.60. The second-order valence-electron chi connectivity index (χ2n) is 6.16. The molecule has 0 radical (unpaired) electrons. The van der Waals surface area contributed by atoms with E-state index in [4.69, 9.17) is 9.47 Å². The summed E-state index contributed by atoms with van der Waals surface area (Å²) >= 11 is 0. The van der Waals surface area contributed by atoms with Gasteiger partial charge in [-0.25, -0.2) is 8.78 Å². The number of piperidine rings is 1. The Morgan fingerprint density at radius 3 is 2.74 bits per heavy atom. The SMILES string of the molecule is O=C(c1cccc(F)c1F)N1CCC(OCC2CCOC2)CC1. The van der Waals surface area contributed by atoms with Crippen LogP contribution >= 0.6 is 0 Å². The van der Waals surface area contributed by atoms with Crippen LogP contribution in [0.5, 0.6) is 0 Å². The number of benzene rings is 1. The van der Waals surface area contributed by atoms with Crippen molar-refractivity contribution in [3.63, 3.8) is 0 Å². The van der Waals surface area contributed by atoms with Crippen LogP contribution in [-0.2, 0) is 9.47 Å². The highest BCUT2D eigenvalue weighted by atomic mass is 19.2. The van der Waals surface area contributed by atoms with E-state index in [-0.39, 0.29) is 11.7 Å². The molecule has 2 saturated heterocycles. The third-order valence-corrected chi connectivity index (χ3v) is 4.50. The van der Waals surface area contributed by atoms with Gasteiger partial charge in [-0.1, -0.05) is 6.07 Å². The molecule has 1 aromatic rings. The lowest BCUT2D eigenvalue weighted by atomic mass is 10.1. The van der Waals surface area contributed by atoms with Gasteiger partial charge in [0.05, 0.1) is 24.9 Å².